The minimum Gasteiger partial charge on any atom is -0.423 e. The van der Waals surface area contributed by atoms with Gasteiger partial charge in [0.15, 0.2) is 11.6 Å². The molecule has 158 valence electrons. The first-order valence-corrected chi connectivity index (χ1v) is 11.3. The van der Waals surface area contributed by atoms with Crippen LogP contribution in [0.15, 0.2) is 30.9 Å². The highest BCUT2D eigenvalue weighted by Gasteiger charge is 2.43. The average molecular weight is 403 g/mol. The molecule has 0 amide bonds. The van der Waals surface area contributed by atoms with Crippen molar-refractivity contribution in [1.29, 1.82) is 0 Å². The largest absolute Gasteiger partial charge is 0.423 e. The summed E-state index contributed by atoms with van der Waals surface area (Å²) in [5, 5.41) is 0. The van der Waals surface area contributed by atoms with Gasteiger partial charge in [-0.3, -0.25) is 4.79 Å². The van der Waals surface area contributed by atoms with Crippen LogP contribution in [0.1, 0.15) is 64.2 Å². The molecular formula is C25H32F2O2. The molecule has 3 aliphatic carbocycles. The number of esters is 1. The van der Waals surface area contributed by atoms with E-state index in [1.165, 1.54) is 51.0 Å². The lowest BCUT2D eigenvalue weighted by Crippen LogP contribution is -2.40. The highest BCUT2D eigenvalue weighted by Crippen LogP contribution is 2.50. The molecule has 4 heteroatoms. The molecule has 3 aliphatic rings. The first-order valence-electron chi connectivity index (χ1n) is 11.3. The van der Waals surface area contributed by atoms with Crippen molar-refractivity contribution < 1.29 is 18.3 Å². The van der Waals surface area contributed by atoms with E-state index in [4.69, 9.17) is 4.74 Å². The van der Waals surface area contributed by atoms with Crippen LogP contribution in [-0.4, -0.2) is 5.97 Å². The molecular weight excluding hydrogens is 370 g/mol. The number of ether oxygens (including phenoxy) is 1. The maximum Gasteiger partial charge on any atom is 0.314 e. The lowest BCUT2D eigenvalue weighted by molar-refractivity contribution is -0.144. The van der Waals surface area contributed by atoms with Gasteiger partial charge in [-0.1, -0.05) is 18.9 Å². The van der Waals surface area contributed by atoms with Gasteiger partial charge in [0, 0.05) is 6.07 Å². The quantitative estimate of drug-likeness (QED) is 0.318. The second-order valence-electron chi connectivity index (χ2n) is 9.44. The Balaban J connectivity index is 1.37. The van der Waals surface area contributed by atoms with Crippen LogP contribution in [0.2, 0.25) is 0 Å². The lowest BCUT2D eigenvalue weighted by atomic mass is 9.59. The molecule has 3 saturated carbocycles. The summed E-state index contributed by atoms with van der Waals surface area (Å²) in [5.41, 5.74) is 0. The molecule has 1 aromatic rings. The van der Waals surface area contributed by atoms with Gasteiger partial charge in [-0.2, -0.15) is 0 Å². The van der Waals surface area contributed by atoms with Crippen LogP contribution in [0.5, 0.6) is 5.75 Å². The molecule has 0 bridgehead atoms. The number of halogens is 2. The van der Waals surface area contributed by atoms with Gasteiger partial charge in [0.1, 0.15) is 5.82 Å². The summed E-state index contributed by atoms with van der Waals surface area (Å²) < 4.78 is 32.4. The summed E-state index contributed by atoms with van der Waals surface area (Å²) in [6.07, 6.45) is 13.8. The zero-order valence-corrected chi connectivity index (χ0v) is 17.1. The normalized spacial score (nSPS) is 34.8. The number of allylic oxidation sites excluding steroid dienone is 1. The number of carbonyl (C=O) groups is 1. The first kappa shape index (κ1) is 20.6. The van der Waals surface area contributed by atoms with E-state index in [2.05, 4.69) is 12.7 Å². The van der Waals surface area contributed by atoms with Crippen LogP contribution in [0.3, 0.4) is 0 Å². The van der Waals surface area contributed by atoms with Gasteiger partial charge in [0.25, 0.3) is 0 Å². The molecule has 0 aliphatic heterocycles. The van der Waals surface area contributed by atoms with E-state index in [0.717, 1.165) is 43.2 Å². The Morgan fingerprint density at radius 3 is 2.45 bits per heavy atom. The minimum absolute atomic E-state index is 0.157. The van der Waals surface area contributed by atoms with Crippen molar-refractivity contribution in [3.63, 3.8) is 0 Å². The second-order valence-corrected chi connectivity index (χ2v) is 9.44. The molecule has 0 heterocycles. The molecule has 0 radical (unpaired) electrons. The number of fused-ring (bicyclic) bond motifs is 1. The van der Waals surface area contributed by atoms with Crippen LogP contribution in [0, 0.1) is 47.1 Å². The third-order valence-electron chi connectivity index (χ3n) is 7.91. The number of hydrogen-bond donors (Lipinski definition) is 0. The molecule has 0 N–H and O–H groups in total. The fraction of sp³-hybridized carbons (Fsp3) is 0.640. The van der Waals surface area contributed by atoms with Crippen molar-refractivity contribution in [1.82, 2.24) is 0 Å². The fourth-order valence-electron chi connectivity index (χ4n) is 6.31. The van der Waals surface area contributed by atoms with Crippen molar-refractivity contribution in [3.8, 4) is 5.75 Å². The van der Waals surface area contributed by atoms with Gasteiger partial charge in [-0.05, 0) is 93.1 Å². The number of hydrogen-bond acceptors (Lipinski definition) is 2. The molecule has 0 saturated heterocycles. The van der Waals surface area contributed by atoms with Crippen LogP contribution in [-0.2, 0) is 4.79 Å². The van der Waals surface area contributed by atoms with Gasteiger partial charge < -0.3 is 4.74 Å². The molecule has 3 fully saturated rings. The second kappa shape index (κ2) is 8.97. The van der Waals surface area contributed by atoms with Crippen molar-refractivity contribution in [2.75, 3.05) is 0 Å². The van der Waals surface area contributed by atoms with E-state index in [1.807, 2.05) is 0 Å². The van der Waals surface area contributed by atoms with E-state index < -0.39 is 11.6 Å². The maximum atomic E-state index is 13.9. The Kier molecular flexibility index (Phi) is 6.36. The Morgan fingerprint density at radius 2 is 1.72 bits per heavy atom. The summed E-state index contributed by atoms with van der Waals surface area (Å²) in [5.74, 6) is 1.10. The van der Waals surface area contributed by atoms with Gasteiger partial charge >= 0.3 is 5.97 Å². The number of carbonyl (C=O) groups excluding carboxylic acids is 1. The van der Waals surface area contributed by atoms with E-state index in [1.54, 1.807) is 0 Å². The van der Waals surface area contributed by atoms with Gasteiger partial charge in [0.05, 0.1) is 5.92 Å². The predicted octanol–water partition coefficient (Wildman–Crippen LogP) is 6.70. The summed E-state index contributed by atoms with van der Waals surface area (Å²) in [4.78, 5) is 12.8. The van der Waals surface area contributed by atoms with Crippen molar-refractivity contribution in [2.45, 2.75) is 64.2 Å². The van der Waals surface area contributed by atoms with Crippen LogP contribution in [0.4, 0.5) is 8.78 Å². The smallest absolute Gasteiger partial charge is 0.314 e. The lowest BCUT2D eigenvalue weighted by Gasteiger charge is -2.45. The molecule has 29 heavy (non-hydrogen) atoms. The topological polar surface area (TPSA) is 26.3 Å². The van der Waals surface area contributed by atoms with Gasteiger partial charge in [0.2, 0.25) is 0 Å². The van der Waals surface area contributed by atoms with Crippen molar-refractivity contribution in [2.24, 2.45) is 35.5 Å². The SMILES string of the molecule is C=CC1CCC(C2CCC3C(CCCC3C(=O)Oc3ccc(F)cc3F)C2)CC1. The van der Waals surface area contributed by atoms with E-state index in [0.29, 0.717) is 17.8 Å². The summed E-state index contributed by atoms with van der Waals surface area (Å²) in [6, 6.07) is 3.10. The first-order chi connectivity index (χ1) is 14.0. The standard InChI is InChI=1S/C25H32F2O2/c1-2-16-6-8-17(9-7-16)18-10-12-21-19(14-18)4-3-5-22(21)25(28)29-24-13-11-20(26)15-23(24)27/h2,11,13,15-19,21-22H,1,3-10,12,14H2. The Bertz CT molecular complexity index is 738. The van der Waals surface area contributed by atoms with Crippen molar-refractivity contribution in [3.05, 3.63) is 42.5 Å². The summed E-state index contributed by atoms with van der Waals surface area (Å²) in [7, 11) is 0. The third-order valence-corrected chi connectivity index (χ3v) is 7.91. The summed E-state index contributed by atoms with van der Waals surface area (Å²) >= 11 is 0. The fourth-order valence-corrected chi connectivity index (χ4v) is 6.31. The molecule has 4 rings (SSSR count). The van der Waals surface area contributed by atoms with Gasteiger partial charge in [-0.15, -0.1) is 6.58 Å². The van der Waals surface area contributed by atoms with Crippen LogP contribution in [0.25, 0.3) is 0 Å². The zero-order valence-electron chi connectivity index (χ0n) is 17.1. The minimum atomic E-state index is -0.815. The van der Waals surface area contributed by atoms with Crippen LogP contribution >= 0.6 is 0 Å². The third kappa shape index (κ3) is 4.57. The Morgan fingerprint density at radius 1 is 0.966 bits per heavy atom. The molecule has 4 atom stereocenters. The Labute approximate surface area is 172 Å². The van der Waals surface area contributed by atoms with Gasteiger partial charge in [-0.25, -0.2) is 8.78 Å². The van der Waals surface area contributed by atoms with Crippen LogP contribution < -0.4 is 4.74 Å². The molecule has 0 spiro atoms. The highest BCUT2D eigenvalue weighted by molar-refractivity contribution is 5.75. The van der Waals surface area contributed by atoms with E-state index >= 15 is 0 Å². The molecule has 2 nitrogen and oxygen atoms in total. The predicted molar refractivity (Wildman–Crippen MR) is 109 cm³/mol. The zero-order chi connectivity index (χ0) is 20.4. The van der Waals surface area contributed by atoms with E-state index in [-0.39, 0.29) is 17.6 Å². The highest BCUT2D eigenvalue weighted by atomic mass is 19.1. The molecule has 1 aromatic carbocycles. The number of rotatable bonds is 4. The van der Waals surface area contributed by atoms with Crippen molar-refractivity contribution >= 4 is 5.97 Å². The van der Waals surface area contributed by atoms with E-state index in [9.17, 15) is 13.6 Å². The number of benzene rings is 1. The molecule has 0 aromatic heterocycles. The monoisotopic (exact) mass is 402 g/mol. The molecule has 4 unspecified atom stereocenters. The summed E-state index contributed by atoms with van der Waals surface area (Å²) in [6.45, 7) is 3.95. The average Bonchev–Trinajstić information content (AvgIpc) is 2.75. The Hall–Kier alpha value is -1.71. The maximum absolute atomic E-state index is 13.9.